The van der Waals surface area contributed by atoms with E-state index in [1.54, 1.807) is 0 Å². The van der Waals surface area contributed by atoms with E-state index in [9.17, 15) is 0 Å². The molecule has 17 heavy (non-hydrogen) atoms. The molecule has 1 heterocycles. The molecule has 0 fully saturated rings. The highest BCUT2D eigenvalue weighted by atomic mass is 35.5. The summed E-state index contributed by atoms with van der Waals surface area (Å²) in [4.78, 5) is 0. The lowest BCUT2D eigenvalue weighted by Gasteiger charge is -2.19. The molecule has 0 saturated heterocycles. The van der Waals surface area contributed by atoms with Crippen LogP contribution in [0.4, 0.5) is 0 Å². The summed E-state index contributed by atoms with van der Waals surface area (Å²) in [6, 6.07) is 0.580. The average Bonchev–Trinajstić information content (AvgIpc) is 2.63. The molecular formula is C13H20ClN3. The number of nitrogens with one attached hydrogen (secondary N) is 1. The fourth-order valence-corrected chi connectivity index (χ4v) is 2.59. The summed E-state index contributed by atoms with van der Waals surface area (Å²) in [5.74, 6) is 0. The lowest BCUT2D eigenvalue weighted by atomic mass is 10.0. The van der Waals surface area contributed by atoms with Crippen LogP contribution in [0.1, 0.15) is 37.6 Å². The third-order valence-corrected chi connectivity index (χ3v) is 3.77. The minimum Gasteiger partial charge on any atom is -0.308 e. The van der Waals surface area contributed by atoms with Crippen LogP contribution in [0, 0.1) is 0 Å². The zero-order valence-electron chi connectivity index (χ0n) is 10.5. The number of rotatable bonds is 4. The van der Waals surface area contributed by atoms with Crippen molar-refractivity contribution in [2.24, 2.45) is 7.05 Å². The SMILES string of the molecule is CCc1nn(C)c(CNC2CC=CCC2)c1Cl. The highest BCUT2D eigenvalue weighted by Gasteiger charge is 2.15. The van der Waals surface area contributed by atoms with E-state index in [1.165, 1.54) is 12.8 Å². The third-order valence-electron chi connectivity index (χ3n) is 3.33. The minimum atomic E-state index is 0.580. The van der Waals surface area contributed by atoms with Gasteiger partial charge in [-0.05, 0) is 25.7 Å². The van der Waals surface area contributed by atoms with Crippen molar-refractivity contribution in [1.29, 1.82) is 0 Å². The van der Waals surface area contributed by atoms with Crippen molar-refractivity contribution in [3.05, 3.63) is 28.6 Å². The number of allylic oxidation sites excluding steroid dienone is 1. The molecule has 1 atom stereocenters. The van der Waals surface area contributed by atoms with Crippen LogP contribution < -0.4 is 5.32 Å². The Bertz CT molecular complexity index is 409. The molecule has 1 aromatic heterocycles. The molecular weight excluding hydrogens is 234 g/mol. The van der Waals surface area contributed by atoms with Crippen LogP contribution >= 0.6 is 11.6 Å². The fraction of sp³-hybridized carbons (Fsp3) is 0.615. The van der Waals surface area contributed by atoms with Gasteiger partial charge in [0, 0.05) is 19.6 Å². The highest BCUT2D eigenvalue weighted by Crippen LogP contribution is 2.21. The number of aryl methyl sites for hydroxylation is 2. The summed E-state index contributed by atoms with van der Waals surface area (Å²) < 4.78 is 1.90. The maximum absolute atomic E-state index is 6.31. The maximum atomic E-state index is 6.31. The molecule has 1 N–H and O–H groups in total. The van der Waals surface area contributed by atoms with E-state index in [2.05, 4.69) is 29.5 Å². The van der Waals surface area contributed by atoms with Crippen LogP contribution in [0.5, 0.6) is 0 Å². The Kier molecular flexibility index (Phi) is 4.24. The second-order valence-corrected chi connectivity index (χ2v) is 4.92. The first-order valence-corrected chi connectivity index (χ1v) is 6.68. The third kappa shape index (κ3) is 2.90. The predicted molar refractivity (Wildman–Crippen MR) is 71.2 cm³/mol. The largest absolute Gasteiger partial charge is 0.308 e. The van der Waals surface area contributed by atoms with Crippen molar-refractivity contribution >= 4 is 11.6 Å². The van der Waals surface area contributed by atoms with Crippen molar-refractivity contribution in [3.8, 4) is 0 Å². The van der Waals surface area contributed by atoms with E-state index < -0.39 is 0 Å². The fourth-order valence-electron chi connectivity index (χ4n) is 2.23. The Morgan fingerprint density at radius 2 is 2.35 bits per heavy atom. The van der Waals surface area contributed by atoms with E-state index in [0.29, 0.717) is 6.04 Å². The van der Waals surface area contributed by atoms with E-state index in [-0.39, 0.29) is 0 Å². The van der Waals surface area contributed by atoms with Gasteiger partial charge in [-0.25, -0.2) is 0 Å². The molecule has 0 saturated carbocycles. The summed E-state index contributed by atoms with van der Waals surface area (Å²) in [7, 11) is 1.96. The van der Waals surface area contributed by atoms with Crippen LogP contribution in [-0.2, 0) is 20.0 Å². The zero-order valence-corrected chi connectivity index (χ0v) is 11.3. The molecule has 1 aliphatic carbocycles. The van der Waals surface area contributed by atoms with Gasteiger partial charge in [-0.3, -0.25) is 4.68 Å². The molecule has 0 amide bonds. The van der Waals surface area contributed by atoms with Gasteiger partial charge in [0.1, 0.15) is 0 Å². The molecule has 1 aromatic rings. The van der Waals surface area contributed by atoms with Gasteiger partial charge in [-0.2, -0.15) is 5.10 Å². The van der Waals surface area contributed by atoms with E-state index in [0.717, 1.165) is 35.8 Å². The van der Waals surface area contributed by atoms with Gasteiger partial charge in [0.25, 0.3) is 0 Å². The first-order valence-electron chi connectivity index (χ1n) is 6.31. The minimum absolute atomic E-state index is 0.580. The molecule has 94 valence electrons. The Morgan fingerprint density at radius 1 is 1.53 bits per heavy atom. The van der Waals surface area contributed by atoms with E-state index >= 15 is 0 Å². The van der Waals surface area contributed by atoms with Gasteiger partial charge in [0.15, 0.2) is 0 Å². The number of nitrogens with zero attached hydrogens (tertiary/aromatic N) is 2. The van der Waals surface area contributed by atoms with Crippen LogP contribution in [-0.4, -0.2) is 15.8 Å². The quantitative estimate of drug-likeness (QED) is 0.837. The molecule has 0 bridgehead atoms. The first-order chi connectivity index (χ1) is 8.22. The molecule has 1 aliphatic rings. The molecule has 4 heteroatoms. The highest BCUT2D eigenvalue weighted by molar-refractivity contribution is 6.31. The topological polar surface area (TPSA) is 29.9 Å². The Hall–Kier alpha value is -0.800. The van der Waals surface area contributed by atoms with Crippen molar-refractivity contribution in [2.75, 3.05) is 0 Å². The summed E-state index contributed by atoms with van der Waals surface area (Å²) in [5.41, 5.74) is 2.09. The summed E-state index contributed by atoms with van der Waals surface area (Å²) in [6.07, 6.45) is 8.91. The van der Waals surface area contributed by atoms with Gasteiger partial charge in [0.2, 0.25) is 0 Å². The van der Waals surface area contributed by atoms with Gasteiger partial charge >= 0.3 is 0 Å². The van der Waals surface area contributed by atoms with Crippen LogP contribution in [0.2, 0.25) is 5.02 Å². The summed E-state index contributed by atoms with van der Waals surface area (Å²) in [6.45, 7) is 2.89. The second kappa shape index (κ2) is 5.69. The maximum Gasteiger partial charge on any atom is 0.0863 e. The standard InChI is InChI=1S/C13H20ClN3/c1-3-11-13(14)12(17(2)16-11)9-15-10-7-5-4-6-8-10/h4-5,10,15H,3,6-9H2,1-2H3. The molecule has 0 aromatic carbocycles. The van der Waals surface area contributed by atoms with E-state index in [1.807, 2.05) is 11.7 Å². The molecule has 2 rings (SSSR count). The molecule has 3 nitrogen and oxygen atoms in total. The van der Waals surface area contributed by atoms with E-state index in [4.69, 9.17) is 11.6 Å². The number of aromatic nitrogens is 2. The van der Waals surface area contributed by atoms with Gasteiger partial charge < -0.3 is 5.32 Å². The second-order valence-electron chi connectivity index (χ2n) is 4.55. The van der Waals surface area contributed by atoms with Crippen LogP contribution in [0.25, 0.3) is 0 Å². The summed E-state index contributed by atoms with van der Waals surface area (Å²) >= 11 is 6.31. The van der Waals surface area contributed by atoms with Crippen molar-refractivity contribution in [3.63, 3.8) is 0 Å². The van der Waals surface area contributed by atoms with Gasteiger partial charge in [-0.1, -0.05) is 30.7 Å². The molecule has 0 radical (unpaired) electrons. The Labute approximate surface area is 108 Å². The first kappa shape index (κ1) is 12.7. The lowest BCUT2D eigenvalue weighted by molar-refractivity contribution is 0.464. The average molecular weight is 254 g/mol. The monoisotopic (exact) mass is 253 g/mol. The molecule has 0 spiro atoms. The van der Waals surface area contributed by atoms with Crippen molar-refractivity contribution in [2.45, 2.75) is 45.2 Å². The number of halogens is 1. The van der Waals surface area contributed by atoms with Crippen molar-refractivity contribution in [1.82, 2.24) is 15.1 Å². The summed E-state index contributed by atoms with van der Waals surface area (Å²) in [5, 5.41) is 8.81. The van der Waals surface area contributed by atoms with Gasteiger partial charge in [-0.15, -0.1) is 0 Å². The molecule has 0 aliphatic heterocycles. The van der Waals surface area contributed by atoms with Crippen LogP contribution in [0.3, 0.4) is 0 Å². The normalized spacial score (nSPS) is 19.8. The Balaban J connectivity index is 1.98. The number of hydrogen-bond acceptors (Lipinski definition) is 2. The van der Waals surface area contributed by atoms with Gasteiger partial charge in [0.05, 0.1) is 16.4 Å². The smallest absolute Gasteiger partial charge is 0.0863 e. The predicted octanol–water partition coefficient (Wildman–Crippen LogP) is 2.83. The zero-order chi connectivity index (χ0) is 12.3. The number of hydrogen-bond donors (Lipinski definition) is 1. The molecule has 1 unspecified atom stereocenters. The van der Waals surface area contributed by atoms with Crippen molar-refractivity contribution < 1.29 is 0 Å². The Morgan fingerprint density at radius 3 is 2.94 bits per heavy atom. The van der Waals surface area contributed by atoms with Crippen LogP contribution in [0.15, 0.2) is 12.2 Å². The lowest BCUT2D eigenvalue weighted by Crippen LogP contribution is -2.30.